The number of hydrogen-bond donors (Lipinski definition) is 1. The molecule has 1 fully saturated rings. The number of nitrogens with zero attached hydrogens (tertiary/aromatic N) is 3. The monoisotopic (exact) mass is 369 g/mol. The summed E-state index contributed by atoms with van der Waals surface area (Å²) in [4.78, 5) is 7.27. The van der Waals surface area contributed by atoms with Crippen molar-refractivity contribution in [3.8, 4) is 5.88 Å². The van der Waals surface area contributed by atoms with Gasteiger partial charge in [-0.25, -0.2) is 0 Å². The first kappa shape index (κ1) is 18.5. The van der Waals surface area contributed by atoms with Crippen molar-refractivity contribution in [1.29, 1.82) is 0 Å². The van der Waals surface area contributed by atoms with Gasteiger partial charge < -0.3 is 14.4 Å². The third kappa shape index (κ3) is 3.39. The molecule has 0 aliphatic carbocycles. The Morgan fingerprint density at radius 2 is 2.00 bits per heavy atom. The quantitative estimate of drug-likeness (QED) is 0.876. The minimum absolute atomic E-state index is 0.192. The molecule has 3 heterocycles. The maximum absolute atomic E-state index is 11.1. The van der Waals surface area contributed by atoms with Crippen LogP contribution < -0.4 is 0 Å². The molecule has 0 unspecified atom stereocenters. The lowest BCUT2D eigenvalue weighted by Gasteiger charge is -2.38. The molecular formula is C22H31N3O2. The summed E-state index contributed by atoms with van der Waals surface area (Å²) in [7, 11) is 0. The number of aromatic nitrogens is 1. The van der Waals surface area contributed by atoms with Gasteiger partial charge in [0.25, 0.3) is 0 Å². The maximum atomic E-state index is 11.1. The van der Waals surface area contributed by atoms with Crippen molar-refractivity contribution in [2.24, 2.45) is 10.9 Å². The molecule has 5 heteroatoms. The van der Waals surface area contributed by atoms with Crippen molar-refractivity contribution >= 4 is 16.6 Å². The Bertz CT molecular complexity index is 862. The van der Waals surface area contributed by atoms with Gasteiger partial charge in [-0.05, 0) is 43.9 Å². The Morgan fingerprint density at radius 3 is 2.63 bits per heavy atom. The topological polar surface area (TPSA) is 50.0 Å². The average Bonchev–Trinajstić information content (AvgIpc) is 2.84. The lowest BCUT2D eigenvalue weighted by atomic mass is 9.99. The number of benzene rings is 1. The second-order valence-corrected chi connectivity index (χ2v) is 8.60. The summed E-state index contributed by atoms with van der Waals surface area (Å²) in [6.45, 7) is 12.9. The summed E-state index contributed by atoms with van der Waals surface area (Å²) in [6, 6.07) is 7.31. The standard InChI is InChI=1S/C22H31N3O2/c1-14(2)9-16-5-6-20-18(10-16)21(22(26)25(20)15(3)4)19-11-24(8-7-23-19)17-12-27-13-17/h5-6,10,14-15,17,26H,7-9,11-13H2,1-4H3. The van der Waals surface area contributed by atoms with E-state index in [-0.39, 0.29) is 6.04 Å². The van der Waals surface area contributed by atoms with Crippen molar-refractivity contribution < 1.29 is 9.84 Å². The fourth-order valence-electron chi connectivity index (χ4n) is 4.29. The Labute approximate surface area is 161 Å². The molecule has 1 saturated heterocycles. The highest BCUT2D eigenvalue weighted by atomic mass is 16.5. The average molecular weight is 370 g/mol. The molecule has 4 rings (SSSR count). The normalized spacial score (nSPS) is 19.1. The molecule has 2 aliphatic heterocycles. The van der Waals surface area contributed by atoms with Crippen LogP contribution >= 0.6 is 0 Å². The lowest BCUT2D eigenvalue weighted by molar-refractivity contribution is -0.0596. The van der Waals surface area contributed by atoms with Crippen LogP contribution in [-0.4, -0.2) is 59.2 Å². The number of hydrogen-bond acceptors (Lipinski definition) is 4. The van der Waals surface area contributed by atoms with Gasteiger partial charge in [0.2, 0.25) is 5.88 Å². The van der Waals surface area contributed by atoms with E-state index in [0.717, 1.165) is 61.4 Å². The van der Waals surface area contributed by atoms with Crippen LogP contribution in [0, 0.1) is 5.92 Å². The molecule has 0 bridgehead atoms. The summed E-state index contributed by atoms with van der Waals surface area (Å²) in [6.07, 6.45) is 1.04. The predicted molar refractivity (Wildman–Crippen MR) is 110 cm³/mol. The van der Waals surface area contributed by atoms with E-state index in [2.05, 4.69) is 50.8 Å². The summed E-state index contributed by atoms with van der Waals surface area (Å²) < 4.78 is 7.42. The van der Waals surface area contributed by atoms with Gasteiger partial charge in [0, 0.05) is 24.5 Å². The van der Waals surface area contributed by atoms with Crippen LogP contribution in [0.1, 0.15) is 44.9 Å². The summed E-state index contributed by atoms with van der Waals surface area (Å²) in [5, 5.41) is 12.3. The van der Waals surface area contributed by atoms with Crippen molar-refractivity contribution in [2.75, 3.05) is 32.8 Å². The Hall–Kier alpha value is -1.85. The molecule has 2 aromatic rings. The van der Waals surface area contributed by atoms with E-state index in [1.54, 1.807) is 0 Å². The van der Waals surface area contributed by atoms with Crippen molar-refractivity contribution in [1.82, 2.24) is 9.47 Å². The number of aliphatic imine (C=N–C) groups is 1. The van der Waals surface area contributed by atoms with Gasteiger partial charge in [0.05, 0.1) is 42.6 Å². The first-order chi connectivity index (χ1) is 13.0. The number of rotatable bonds is 5. The minimum Gasteiger partial charge on any atom is -0.494 e. The smallest absolute Gasteiger partial charge is 0.201 e. The fraction of sp³-hybridized carbons (Fsp3) is 0.591. The zero-order valence-corrected chi connectivity index (χ0v) is 16.9. The molecule has 146 valence electrons. The summed E-state index contributed by atoms with van der Waals surface area (Å²) >= 11 is 0. The molecule has 0 amide bonds. The van der Waals surface area contributed by atoms with Crippen LogP contribution in [0.4, 0.5) is 0 Å². The molecule has 0 radical (unpaired) electrons. The molecule has 0 atom stereocenters. The zero-order chi connectivity index (χ0) is 19.1. The molecule has 1 aromatic heterocycles. The van der Waals surface area contributed by atoms with Gasteiger partial charge in [0.15, 0.2) is 0 Å². The minimum atomic E-state index is 0.192. The first-order valence-electron chi connectivity index (χ1n) is 10.2. The summed E-state index contributed by atoms with van der Waals surface area (Å²) in [5.41, 5.74) is 4.35. The second kappa shape index (κ2) is 7.28. The van der Waals surface area contributed by atoms with Crippen LogP contribution in [0.3, 0.4) is 0 Å². The third-order valence-electron chi connectivity index (χ3n) is 5.67. The summed E-state index contributed by atoms with van der Waals surface area (Å²) in [5.74, 6) is 0.958. The van der Waals surface area contributed by atoms with Gasteiger partial charge in [0.1, 0.15) is 0 Å². The van der Waals surface area contributed by atoms with Crippen molar-refractivity contribution in [3.05, 3.63) is 29.3 Å². The number of ether oxygens (including phenoxy) is 1. The van der Waals surface area contributed by atoms with Crippen LogP contribution in [-0.2, 0) is 11.2 Å². The van der Waals surface area contributed by atoms with Crippen LogP contribution in [0.15, 0.2) is 23.2 Å². The highest BCUT2D eigenvalue weighted by Crippen LogP contribution is 2.36. The van der Waals surface area contributed by atoms with E-state index < -0.39 is 0 Å². The molecule has 27 heavy (non-hydrogen) atoms. The molecular weight excluding hydrogens is 338 g/mol. The zero-order valence-electron chi connectivity index (χ0n) is 16.9. The molecule has 1 aromatic carbocycles. The van der Waals surface area contributed by atoms with E-state index in [1.165, 1.54) is 5.56 Å². The largest absolute Gasteiger partial charge is 0.494 e. The second-order valence-electron chi connectivity index (χ2n) is 8.60. The number of fused-ring (bicyclic) bond motifs is 1. The van der Waals surface area contributed by atoms with E-state index in [1.807, 2.05) is 4.57 Å². The predicted octanol–water partition coefficient (Wildman–Crippen LogP) is 3.63. The van der Waals surface area contributed by atoms with Crippen LogP contribution in [0.5, 0.6) is 5.88 Å². The van der Waals surface area contributed by atoms with E-state index in [4.69, 9.17) is 9.73 Å². The molecule has 0 saturated carbocycles. The number of aromatic hydroxyl groups is 1. The van der Waals surface area contributed by atoms with Crippen molar-refractivity contribution in [2.45, 2.75) is 46.2 Å². The highest BCUT2D eigenvalue weighted by molar-refractivity contribution is 6.14. The van der Waals surface area contributed by atoms with Gasteiger partial charge in [-0.1, -0.05) is 19.9 Å². The van der Waals surface area contributed by atoms with Crippen LogP contribution in [0.2, 0.25) is 0 Å². The molecule has 5 nitrogen and oxygen atoms in total. The van der Waals surface area contributed by atoms with E-state index in [0.29, 0.717) is 17.8 Å². The first-order valence-corrected chi connectivity index (χ1v) is 10.2. The van der Waals surface area contributed by atoms with Crippen molar-refractivity contribution in [3.63, 3.8) is 0 Å². The Kier molecular flexibility index (Phi) is 4.99. The van der Waals surface area contributed by atoms with Gasteiger partial charge in [-0.2, -0.15) is 0 Å². The third-order valence-corrected chi connectivity index (χ3v) is 5.67. The van der Waals surface area contributed by atoms with Gasteiger partial charge in [-0.15, -0.1) is 0 Å². The Morgan fingerprint density at radius 1 is 1.22 bits per heavy atom. The highest BCUT2D eigenvalue weighted by Gasteiger charge is 2.31. The molecule has 2 aliphatic rings. The molecule has 0 spiro atoms. The molecule has 1 N–H and O–H groups in total. The Balaban J connectivity index is 1.80. The fourth-order valence-corrected chi connectivity index (χ4v) is 4.29. The maximum Gasteiger partial charge on any atom is 0.201 e. The van der Waals surface area contributed by atoms with E-state index in [9.17, 15) is 5.11 Å². The lowest BCUT2D eigenvalue weighted by Crippen LogP contribution is -2.53. The SMILES string of the molecule is CC(C)Cc1ccc2c(c1)c(C1=NCCN(C3COC3)C1)c(O)n2C(C)C. The van der Waals surface area contributed by atoms with Gasteiger partial charge >= 0.3 is 0 Å². The van der Waals surface area contributed by atoms with Gasteiger partial charge in [-0.3, -0.25) is 9.89 Å². The van der Waals surface area contributed by atoms with E-state index >= 15 is 0 Å². The van der Waals surface area contributed by atoms with Crippen LogP contribution in [0.25, 0.3) is 10.9 Å².